The van der Waals surface area contributed by atoms with Crippen LogP contribution in [0, 0.1) is 0 Å². The number of para-hydroxylation sites is 1. The lowest BCUT2D eigenvalue weighted by Crippen LogP contribution is -2.36. The summed E-state index contributed by atoms with van der Waals surface area (Å²) in [6.07, 6.45) is 3.71. The molecule has 1 aliphatic heterocycles. The molecule has 4 rings (SSSR count). The lowest BCUT2D eigenvalue weighted by Gasteiger charge is -2.24. The number of likely N-dealkylation sites (tertiary alicyclic amines) is 1. The van der Waals surface area contributed by atoms with Crippen LogP contribution in [0.3, 0.4) is 0 Å². The molecule has 0 N–H and O–H groups in total. The molecule has 24 heavy (non-hydrogen) atoms. The molecule has 0 aliphatic carbocycles. The summed E-state index contributed by atoms with van der Waals surface area (Å²) in [5.41, 5.74) is 2.33. The van der Waals surface area contributed by atoms with Crippen molar-refractivity contribution < 1.29 is 0 Å². The Hall–Kier alpha value is -2.25. The van der Waals surface area contributed by atoms with E-state index in [1.54, 1.807) is 6.20 Å². The van der Waals surface area contributed by atoms with E-state index >= 15 is 0 Å². The summed E-state index contributed by atoms with van der Waals surface area (Å²) in [6.45, 7) is 2.82. The molecule has 0 spiro atoms. The third-order valence-corrected chi connectivity index (χ3v) is 4.99. The van der Waals surface area contributed by atoms with Gasteiger partial charge in [-0.3, -0.25) is 9.58 Å². The van der Waals surface area contributed by atoms with Crippen LogP contribution in [0.25, 0.3) is 10.9 Å². The maximum Gasteiger partial charge on any atom is 0.0843 e. The van der Waals surface area contributed by atoms with Gasteiger partial charge in [-0.15, -0.1) is 5.10 Å². The second kappa shape index (κ2) is 5.99. The number of hydrogen-bond donors (Lipinski definition) is 0. The van der Waals surface area contributed by atoms with Crippen LogP contribution >= 0.6 is 0 Å². The normalized spacial score (nSPS) is 22.0. The summed E-state index contributed by atoms with van der Waals surface area (Å²) in [5.74, 6) is 0. The maximum atomic E-state index is 4.74. The van der Waals surface area contributed by atoms with Crippen LogP contribution in [0.2, 0.25) is 0 Å². The number of benzene rings is 1. The molecule has 1 fully saturated rings. The van der Waals surface area contributed by atoms with E-state index in [-0.39, 0.29) is 0 Å². The van der Waals surface area contributed by atoms with Crippen LogP contribution in [-0.4, -0.2) is 67.8 Å². The summed E-state index contributed by atoms with van der Waals surface area (Å²) >= 11 is 0. The lowest BCUT2D eigenvalue weighted by atomic mass is 10.1. The average Bonchev–Trinajstić information content (AvgIpc) is 3.28. The summed E-state index contributed by atoms with van der Waals surface area (Å²) in [6, 6.07) is 9.16. The van der Waals surface area contributed by atoms with E-state index in [0.29, 0.717) is 12.1 Å². The fourth-order valence-electron chi connectivity index (χ4n) is 3.75. The molecule has 0 unspecified atom stereocenters. The van der Waals surface area contributed by atoms with E-state index < -0.39 is 0 Å². The largest absolute Gasteiger partial charge is 0.303 e. The van der Waals surface area contributed by atoms with Gasteiger partial charge in [0.2, 0.25) is 0 Å². The molecular weight excluding hydrogens is 302 g/mol. The fraction of sp³-hybridized carbons (Fsp3) is 0.471. The number of aryl methyl sites for hydroxylation is 1. The standard InChI is InChI=1S/C17H23N7/c1-21(2)16-11-23(12-17(16)24-9-8-18-20-24)10-14-13-6-4-5-7-15(13)22(3)19-14/h4-9,16-17H,10-12H2,1-3H3/t16-,17+/m1/s1. The van der Waals surface area contributed by atoms with Gasteiger partial charge in [-0.1, -0.05) is 23.4 Å². The molecule has 1 saturated heterocycles. The molecule has 3 heterocycles. The highest BCUT2D eigenvalue weighted by Crippen LogP contribution is 2.27. The first kappa shape index (κ1) is 15.3. The Morgan fingerprint density at radius 1 is 1.21 bits per heavy atom. The van der Waals surface area contributed by atoms with Crippen LogP contribution in [0.5, 0.6) is 0 Å². The van der Waals surface area contributed by atoms with E-state index in [4.69, 9.17) is 5.10 Å². The summed E-state index contributed by atoms with van der Waals surface area (Å²) in [5, 5.41) is 14.2. The lowest BCUT2D eigenvalue weighted by molar-refractivity contribution is 0.237. The molecule has 0 bridgehead atoms. The molecule has 7 heteroatoms. The molecular formula is C17H23N7. The van der Waals surface area contributed by atoms with Gasteiger partial charge in [0.05, 0.1) is 23.4 Å². The van der Waals surface area contributed by atoms with Gasteiger partial charge in [-0.25, -0.2) is 4.68 Å². The highest BCUT2D eigenvalue weighted by atomic mass is 15.5. The predicted octanol–water partition coefficient (Wildman–Crippen LogP) is 1.15. The van der Waals surface area contributed by atoms with Crippen molar-refractivity contribution in [2.45, 2.75) is 18.6 Å². The topological polar surface area (TPSA) is 55.0 Å². The minimum absolute atomic E-state index is 0.317. The van der Waals surface area contributed by atoms with Crippen molar-refractivity contribution in [3.8, 4) is 0 Å². The Bertz CT molecular complexity index is 821. The number of likely N-dealkylation sites (N-methyl/N-ethyl adjacent to an activating group) is 1. The van der Waals surface area contributed by atoms with Gasteiger partial charge in [0, 0.05) is 44.3 Å². The van der Waals surface area contributed by atoms with Gasteiger partial charge in [-0.05, 0) is 20.2 Å². The second-order valence-electron chi connectivity index (χ2n) is 6.76. The summed E-state index contributed by atoms with van der Waals surface area (Å²) in [7, 11) is 6.28. The van der Waals surface area contributed by atoms with E-state index in [9.17, 15) is 0 Å². The Kier molecular flexibility index (Phi) is 3.82. The van der Waals surface area contributed by atoms with Crippen molar-refractivity contribution in [3.05, 3.63) is 42.4 Å². The first-order valence-corrected chi connectivity index (χ1v) is 8.28. The minimum atomic E-state index is 0.317. The number of nitrogens with zero attached hydrogens (tertiary/aromatic N) is 7. The zero-order chi connectivity index (χ0) is 16.7. The summed E-state index contributed by atoms with van der Waals surface area (Å²) < 4.78 is 3.96. The highest BCUT2D eigenvalue weighted by molar-refractivity contribution is 5.81. The van der Waals surface area contributed by atoms with E-state index in [1.807, 2.05) is 22.6 Å². The molecule has 126 valence electrons. The van der Waals surface area contributed by atoms with E-state index in [2.05, 4.69) is 58.5 Å². The smallest absolute Gasteiger partial charge is 0.0843 e. The predicted molar refractivity (Wildman–Crippen MR) is 92.5 cm³/mol. The Labute approximate surface area is 141 Å². The molecule has 7 nitrogen and oxygen atoms in total. The second-order valence-corrected chi connectivity index (χ2v) is 6.76. The fourth-order valence-corrected chi connectivity index (χ4v) is 3.75. The quantitative estimate of drug-likeness (QED) is 0.720. The molecule has 2 aromatic heterocycles. The van der Waals surface area contributed by atoms with E-state index in [1.165, 1.54) is 10.9 Å². The zero-order valence-corrected chi connectivity index (χ0v) is 14.4. The monoisotopic (exact) mass is 325 g/mol. The van der Waals surface area contributed by atoms with Crippen molar-refractivity contribution in [2.24, 2.45) is 7.05 Å². The highest BCUT2D eigenvalue weighted by Gasteiger charge is 2.36. The van der Waals surface area contributed by atoms with Crippen LogP contribution in [0.4, 0.5) is 0 Å². The molecule has 3 aromatic rings. The minimum Gasteiger partial charge on any atom is -0.303 e. The third-order valence-electron chi connectivity index (χ3n) is 4.99. The summed E-state index contributed by atoms with van der Waals surface area (Å²) in [4.78, 5) is 4.74. The average molecular weight is 325 g/mol. The van der Waals surface area contributed by atoms with Crippen LogP contribution in [0.1, 0.15) is 11.7 Å². The SMILES string of the molecule is CN(C)[C@@H]1CN(Cc2nn(C)c3ccccc23)C[C@@H]1n1ccnn1. The van der Waals surface area contributed by atoms with Gasteiger partial charge in [0.15, 0.2) is 0 Å². The Balaban J connectivity index is 1.59. The van der Waals surface area contributed by atoms with Crippen molar-refractivity contribution in [1.29, 1.82) is 0 Å². The Morgan fingerprint density at radius 3 is 2.79 bits per heavy atom. The van der Waals surface area contributed by atoms with Crippen molar-refractivity contribution in [3.63, 3.8) is 0 Å². The number of hydrogen-bond acceptors (Lipinski definition) is 5. The van der Waals surface area contributed by atoms with Crippen LogP contribution in [-0.2, 0) is 13.6 Å². The van der Waals surface area contributed by atoms with E-state index in [0.717, 1.165) is 25.3 Å². The van der Waals surface area contributed by atoms with Gasteiger partial charge >= 0.3 is 0 Å². The van der Waals surface area contributed by atoms with Crippen molar-refractivity contribution >= 4 is 10.9 Å². The molecule has 0 saturated carbocycles. The first-order valence-electron chi connectivity index (χ1n) is 8.28. The molecule has 2 atom stereocenters. The first-order chi connectivity index (χ1) is 11.6. The Morgan fingerprint density at radius 2 is 2.04 bits per heavy atom. The van der Waals surface area contributed by atoms with Crippen molar-refractivity contribution in [1.82, 2.24) is 34.6 Å². The van der Waals surface area contributed by atoms with Gasteiger partial charge in [0.1, 0.15) is 0 Å². The molecule has 0 amide bonds. The van der Waals surface area contributed by atoms with Gasteiger partial charge in [-0.2, -0.15) is 5.10 Å². The van der Waals surface area contributed by atoms with Gasteiger partial charge in [0.25, 0.3) is 0 Å². The molecule has 0 radical (unpaired) electrons. The molecule has 1 aromatic carbocycles. The number of rotatable bonds is 4. The third kappa shape index (κ3) is 2.59. The zero-order valence-electron chi connectivity index (χ0n) is 14.4. The van der Waals surface area contributed by atoms with Gasteiger partial charge < -0.3 is 4.90 Å². The molecule has 1 aliphatic rings. The van der Waals surface area contributed by atoms with Crippen LogP contribution < -0.4 is 0 Å². The number of fused-ring (bicyclic) bond motifs is 1. The maximum absolute atomic E-state index is 4.74. The van der Waals surface area contributed by atoms with Crippen molar-refractivity contribution in [2.75, 3.05) is 27.2 Å². The number of aromatic nitrogens is 5. The van der Waals surface area contributed by atoms with Crippen LogP contribution in [0.15, 0.2) is 36.7 Å².